The summed E-state index contributed by atoms with van der Waals surface area (Å²) in [6.07, 6.45) is -3.90. The highest BCUT2D eigenvalue weighted by Gasteiger charge is 2.33. The highest BCUT2D eigenvalue weighted by atomic mass is 19.4. The van der Waals surface area contributed by atoms with E-state index in [1.807, 2.05) is 0 Å². The zero-order chi connectivity index (χ0) is 12.3. The molecule has 1 rings (SSSR count). The van der Waals surface area contributed by atoms with Crippen molar-refractivity contribution in [3.63, 3.8) is 0 Å². The van der Waals surface area contributed by atoms with Gasteiger partial charge in [-0.15, -0.1) is 0 Å². The van der Waals surface area contributed by atoms with E-state index in [1.54, 1.807) is 19.0 Å². The normalized spacial score (nSPS) is 11.6. The molecular formula is C10H14F3N3. The number of hydrogen-bond donors (Lipinski definition) is 1. The average Bonchev–Trinajstić information content (AvgIpc) is 2.16. The van der Waals surface area contributed by atoms with Crippen molar-refractivity contribution in [1.82, 2.24) is 4.98 Å². The SMILES string of the molecule is CN(C)c1nc(C(F)(F)F)ccc1CCN. The molecule has 0 aromatic carbocycles. The van der Waals surface area contributed by atoms with Crippen LogP contribution in [0.3, 0.4) is 0 Å². The maximum Gasteiger partial charge on any atom is 0.433 e. The van der Waals surface area contributed by atoms with Crippen LogP contribution < -0.4 is 10.6 Å². The van der Waals surface area contributed by atoms with Crippen molar-refractivity contribution in [2.24, 2.45) is 5.73 Å². The zero-order valence-corrected chi connectivity index (χ0v) is 9.17. The lowest BCUT2D eigenvalue weighted by molar-refractivity contribution is -0.141. The van der Waals surface area contributed by atoms with Crippen LogP contribution in [0.15, 0.2) is 12.1 Å². The lowest BCUT2D eigenvalue weighted by Crippen LogP contribution is -2.18. The molecule has 3 nitrogen and oxygen atoms in total. The van der Waals surface area contributed by atoms with E-state index in [1.165, 1.54) is 6.07 Å². The van der Waals surface area contributed by atoms with Crippen LogP contribution in [0.5, 0.6) is 0 Å². The fraction of sp³-hybridized carbons (Fsp3) is 0.500. The van der Waals surface area contributed by atoms with E-state index in [0.717, 1.165) is 11.6 Å². The molecule has 0 atom stereocenters. The maximum absolute atomic E-state index is 12.4. The summed E-state index contributed by atoms with van der Waals surface area (Å²) in [7, 11) is 3.31. The van der Waals surface area contributed by atoms with Crippen molar-refractivity contribution in [3.05, 3.63) is 23.4 Å². The van der Waals surface area contributed by atoms with E-state index in [4.69, 9.17) is 5.73 Å². The fourth-order valence-electron chi connectivity index (χ4n) is 1.37. The number of pyridine rings is 1. The van der Waals surface area contributed by atoms with Gasteiger partial charge in [-0.05, 0) is 24.6 Å². The predicted molar refractivity (Wildman–Crippen MR) is 56.3 cm³/mol. The number of nitrogens with two attached hydrogens (primary N) is 1. The quantitative estimate of drug-likeness (QED) is 0.863. The number of halogens is 3. The van der Waals surface area contributed by atoms with Crippen LogP contribution in [-0.4, -0.2) is 25.6 Å². The minimum Gasteiger partial charge on any atom is -0.363 e. The van der Waals surface area contributed by atoms with Crippen LogP contribution >= 0.6 is 0 Å². The summed E-state index contributed by atoms with van der Waals surface area (Å²) in [5.74, 6) is 0.320. The van der Waals surface area contributed by atoms with Gasteiger partial charge in [-0.25, -0.2) is 4.98 Å². The summed E-state index contributed by atoms with van der Waals surface area (Å²) < 4.78 is 37.3. The number of hydrogen-bond acceptors (Lipinski definition) is 3. The minimum absolute atomic E-state index is 0.320. The Bertz CT molecular complexity index is 361. The summed E-state index contributed by atoms with van der Waals surface area (Å²) in [6.45, 7) is 0.383. The van der Waals surface area contributed by atoms with Crippen LogP contribution in [0.25, 0.3) is 0 Å². The Balaban J connectivity index is 3.17. The highest BCUT2D eigenvalue weighted by molar-refractivity contribution is 5.47. The van der Waals surface area contributed by atoms with Gasteiger partial charge in [0.25, 0.3) is 0 Å². The first-order chi connectivity index (χ1) is 7.36. The van der Waals surface area contributed by atoms with E-state index in [2.05, 4.69) is 4.98 Å². The molecule has 0 aliphatic heterocycles. The van der Waals surface area contributed by atoms with Crippen molar-refractivity contribution >= 4 is 5.82 Å². The van der Waals surface area contributed by atoms with Crippen LogP contribution in [0.2, 0.25) is 0 Å². The van der Waals surface area contributed by atoms with Gasteiger partial charge in [0.2, 0.25) is 0 Å². The Morgan fingerprint density at radius 2 is 1.94 bits per heavy atom. The van der Waals surface area contributed by atoms with Crippen molar-refractivity contribution in [2.75, 3.05) is 25.5 Å². The molecule has 0 unspecified atom stereocenters. The second kappa shape index (κ2) is 4.69. The molecule has 0 saturated carbocycles. The first-order valence-corrected chi connectivity index (χ1v) is 4.80. The lowest BCUT2D eigenvalue weighted by Gasteiger charge is -2.17. The number of rotatable bonds is 3. The Morgan fingerprint density at radius 3 is 2.38 bits per heavy atom. The van der Waals surface area contributed by atoms with Gasteiger partial charge in [0.15, 0.2) is 0 Å². The third-order valence-corrected chi connectivity index (χ3v) is 2.08. The molecule has 0 amide bonds. The molecule has 1 aromatic heterocycles. The maximum atomic E-state index is 12.4. The first-order valence-electron chi connectivity index (χ1n) is 4.80. The third kappa shape index (κ3) is 2.85. The van der Waals surface area contributed by atoms with Crippen LogP contribution in [0, 0.1) is 0 Å². The monoisotopic (exact) mass is 233 g/mol. The summed E-state index contributed by atoms with van der Waals surface area (Å²) in [5, 5.41) is 0. The second-order valence-electron chi connectivity index (χ2n) is 3.61. The van der Waals surface area contributed by atoms with E-state index >= 15 is 0 Å². The zero-order valence-electron chi connectivity index (χ0n) is 9.17. The van der Waals surface area contributed by atoms with E-state index < -0.39 is 11.9 Å². The molecule has 0 radical (unpaired) electrons. The van der Waals surface area contributed by atoms with Crippen molar-refractivity contribution in [2.45, 2.75) is 12.6 Å². The molecule has 90 valence electrons. The highest BCUT2D eigenvalue weighted by Crippen LogP contribution is 2.30. The molecule has 0 aliphatic rings. The first kappa shape index (κ1) is 12.8. The molecule has 16 heavy (non-hydrogen) atoms. The molecule has 0 fully saturated rings. The van der Waals surface area contributed by atoms with Gasteiger partial charge >= 0.3 is 6.18 Å². The largest absolute Gasteiger partial charge is 0.433 e. The Hall–Kier alpha value is -1.30. The van der Waals surface area contributed by atoms with Crippen molar-refractivity contribution < 1.29 is 13.2 Å². The molecule has 0 saturated heterocycles. The van der Waals surface area contributed by atoms with Gasteiger partial charge in [0, 0.05) is 14.1 Å². The molecule has 0 spiro atoms. The summed E-state index contributed by atoms with van der Waals surface area (Å²) in [4.78, 5) is 5.16. The standard InChI is InChI=1S/C10H14F3N3/c1-16(2)9-7(5-6-14)3-4-8(15-9)10(11,12)13/h3-4H,5-6,14H2,1-2H3. The van der Waals surface area contributed by atoms with Crippen molar-refractivity contribution in [3.8, 4) is 0 Å². The van der Waals surface area contributed by atoms with E-state index in [0.29, 0.717) is 18.8 Å². The molecule has 1 heterocycles. The Labute approximate surface area is 92.1 Å². The number of anilines is 1. The van der Waals surface area contributed by atoms with Gasteiger partial charge in [0.1, 0.15) is 11.5 Å². The predicted octanol–water partition coefficient (Wildman–Crippen LogP) is 1.67. The van der Waals surface area contributed by atoms with Gasteiger partial charge in [-0.2, -0.15) is 13.2 Å². The third-order valence-electron chi connectivity index (χ3n) is 2.08. The molecular weight excluding hydrogens is 219 g/mol. The van der Waals surface area contributed by atoms with Gasteiger partial charge in [-0.3, -0.25) is 0 Å². The van der Waals surface area contributed by atoms with Crippen molar-refractivity contribution in [1.29, 1.82) is 0 Å². The van der Waals surface area contributed by atoms with Gasteiger partial charge < -0.3 is 10.6 Å². The molecule has 6 heteroatoms. The lowest BCUT2D eigenvalue weighted by atomic mass is 10.1. The Kier molecular flexibility index (Phi) is 3.74. The number of nitrogens with zero attached hydrogens (tertiary/aromatic N) is 2. The smallest absolute Gasteiger partial charge is 0.363 e. The molecule has 2 N–H and O–H groups in total. The second-order valence-corrected chi connectivity index (χ2v) is 3.61. The van der Waals surface area contributed by atoms with Crippen LogP contribution in [-0.2, 0) is 12.6 Å². The molecule has 1 aromatic rings. The number of alkyl halides is 3. The number of aromatic nitrogens is 1. The Morgan fingerprint density at radius 1 is 1.31 bits per heavy atom. The van der Waals surface area contributed by atoms with Crippen LogP contribution in [0.4, 0.5) is 19.0 Å². The van der Waals surface area contributed by atoms with Gasteiger partial charge in [-0.1, -0.05) is 6.07 Å². The molecule has 0 bridgehead atoms. The van der Waals surface area contributed by atoms with E-state index in [9.17, 15) is 13.2 Å². The summed E-state index contributed by atoms with van der Waals surface area (Å²) in [5.41, 5.74) is 5.23. The fourth-order valence-corrected chi connectivity index (χ4v) is 1.37. The topological polar surface area (TPSA) is 42.2 Å². The van der Waals surface area contributed by atoms with E-state index in [-0.39, 0.29) is 0 Å². The summed E-state index contributed by atoms with van der Waals surface area (Å²) in [6, 6.07) is 2.41. The summed E-state index contributed by atoms with van der Waals surface area (Å²) >= 11 is 0. The average molecular weight is 233 g/mol. The van der Waals surface area contributed by atoms with Crippen LogP contribution in [0.1, 0.15) is 11.3 Å². The molecule has 0 aliphatic carbocycles. The minimum atomic E-state index is -4.41. The van der Waals surface area contributed by atoms with Gasteiger partial charge in [0.05, 0.1) is 0 Å².